The molecular weight excluding hydrogens is 376 g/mol. The number of aromatic nitrogens is 4. The van der Waals surface area contributed by atoms with E-state index >= 15 is 0 Å². The third-order valence-electron chi connectivity index (χ3n) is 5.52. The van der Waals surface area contributed by atoms with Crippen molar-refractivity contribution in [2.75, 3.05) is 31.1 Å². The lowest BCUT2D eigenvalue weighted by atomic mass is 10.2. The normalized spacial score (nSPS) is 14.3. The summed E-state index contributed by atoms with van der Waals surface area (Å²) in [5.74, 6) is 0.978. The predicted octanol–water partition coefficient (Wildman–Crippen LogP) is 2.84. The van der Waals surface area contributed by atoms with Gasteiger partial charge >= 0.3 is 0 Å². The first-order valence-corrected chi connectivity index (χ1v) is 10.1. The van der Waals surface area contributed by atoms with Crippen LogP contribution in [0.3, 0.4) is 0 Å². The van der Waals surface area contributed by atoms with Gasteiger partial charge in [-0.15, -0.1) is 10.2 Å². The molecule has 1 fully saturated rings. The lowest BCUT2D eigenvalue weighted by molar-refractivity contribution is -0.132. The van der Waals surface area contributed by atoms with Gasteiger partial charge in [0.15, 0.2) is 5.82 Å². The van der Waals surface area contributed by atoms with E-state index in [0.29, 0.717) is 19.6 Å². The summed E-state index contributed by atoms with van der Waals surface area (Å²) < 4.78 is 2.02. The van der Waals surface area contributed by atoms with Gasteiger partial charge in [0.25, 0.3) is 0 Å². The Kier molecular flexibility index (Phi) is 4.85. The van der Waals surface area contributed by atoms with Crippen LogP contribution in [0.4, 0.5) is 5.82 Å². The highest BCUT2D eigenvalue weighted by Gasteiger charge is 2.22. The van der Waals surface area contributed by atoms with Gasteiger partial charge in [-0.3, -0.25) is 9.78 Å². The highest BCUT2D eigenvalue weighted by Crippen LogP contribution is 2.19. The summed E-state index contributed by atoms with van der Waals surface area (Å²) in [5, 5.41) is 9.85. The average molecular weight is 398 g/mol. The zero-order valence-corrected chi connectivity index (χ0v) is 16.6. The van der Waals surface area contributed by atoms with E-state index in [-0.39, 0.29) is 5.91 Å². The van der Waals surface area contributed by atoms with Crippen LogP contribution in [0.1, 0.15) is 0 Å². The van der Waals surface area contributed by atoms with Crippen molar-refractivity contribution in [3.63, 3.8) is 0 Å². The first-order valence-electron chi connectivity index (χ1n) is 10.1. The minimum Gasteiger partial charge on any atom is -0.352 e. The van der Waals surface area contributed by atoms with Gasteiger partial charge < -0.3 is 14.4 Å². The van der Waals surface area contributed by atoms with Crippen LogP contribution in [0, 0.1) is 0 Å². The molecule has 4 aromatic rings. The molecule has 0 N–H and O–H groups in total. The monoisotopic (exact) mass is 398 g/mol. The zero-order valence-electron chi connectivity index (χ0n) is 16.6. The second kappa shape index (κ2) is 7.94. The van der Waals surface area contributed by atoms with E-state index in [0.717, 1.165) is 41.2 Å². The molecule has 5 rings (SSSR count). The molecule has 1 saturated heterocycles. The molecule has 1 aromatic carbocycles. The molecule has 0 atom stereocenters. The largest absolute Gasteiger partial charge is 0.352 e. The Morgan fingerprint density at radius 2 is 1.67 bits per heavy atom. The van der Waals surface area contributed by atoms with Crippen molar-refractivity contribution < 1.29 is 4.79 Å². The van der Waals surface area contributed by atoms with Crippen LogP contribution in [0.25, 0.3) is 22.3 Å². The molecule has 1 amide bonds. The zero-order chi connectivity index (χ0) is 20.3. The number of hydrogen-bond acceptors (Lipinski definition) is 5. The molecule has 30 heavy (non-hydrogen) atoms. The first kappa shape index (κ1) is 18.3. The Hall–Kier alpha value is -3.74. The number of pyridine rings is 1. The van der Waals surface area contributed by atoms with Crippen molar-refractivity contribution in [2.24, 2.45) is 0 Å². The minimum atomic E-state index is 0.146. The summed E-state index contributed by atoms with van der Waals surface area (Å²) in [4.78, 5) is 21.2. The third kappa shape index (κ3) is 3.61. The van der Waals surface area contributed by atoms with E-state index in [1.165, 1.54) is 0 Å². The second-order valence-electron chi connectivity index (χ2n) is 7.36. The number of hydrogen-bond donors (Lipinski definition) is 0. The minimum absolute atomic E-state index is 0.146. The van der Waals surface area contributed by atoms with E-state index in [2.05, 4.69) is 26.1 Å². The highest BCUT2D eigenvalue weighted by molar-refractivity contribution is 5.83. The van der Waals surface area contributed by atoms with E-state index in [9.17, 15) is 4.79 Å². The summed E-state index contributed by atoms with van der Waals surface area (Å²) >= 11 is 0. The lowest BCUT2D eigenvalue weighted by Gasteiger charge is -2.35. The third-order valence-corrected chi connectivity index (χ3v) is 5.52. The van der Waals surface area contributed by atoms with Crippen molar-refractivity contribution in [3.05, 3.63) is 73.1 Å². The molecule has 0 bridgehead atoms. The summed E-state index contributed by atoms with van der Waals surface area (Å²) in [6.45, 7) is 3.22. The molecule has 0 radical (unpaired) electrons. The fourth-order valence-electron chi connectivity index (χ4n) is 3.85. The molecule has 3 aromatic heterocycles. The van der Waals surface area contributed by atoms with Crippen LogP contribution >= 0.6 is 0 Å². The van der Waals surface area contributed by atoms with Crippen LogP contribution in [-0.4, -0.2) is 56.7 Å². The quantitative estimate of drug-likeness (QED) is 0.529. The highest BCUT2D eigenvalue weighted by atomic mass is 16.2. The summed E-state index contributed by atoms with van der Waals surface area (Å²) in [6, 6.07) is 19.8. The standard InChI is InChI=1S/C23H22N6O/c30-23(17-29-12-10-18-5-1-2-7-21(18)29)28-15-13-27(14-16-28)22-9-8-20(25-26-22)19-6-3-4-11-24-19/h1-12H,13-17H2. The van der Waals surface area contributed by atoms with Crippen LogP contribution in [-0.2, 0) is 11.3 Å². The lowest BCUT2D eigenvalue weighted by Crippen LogP contribution is -2.49. The Morgan fingerprint density at radius 1 is 0.833 bits per heavy atom. The number of anilines is 1. The Morgan fingerprint density at radius 3 is 2.43 bits per heavy atom. The number of amides is 1. The topological polar surface area (TPSA) is 67.2 Å². The number of fused-ring (bicyclic) bond motifs is 1. The van der Waals surface area contributed by atoms with E-state index in [1.807, 2.05) is 70.3 Å². The molecule has 0 saturated carbocycles. The Labute approximate surface area is 174 Å². The van der Waals surface area contributed by atoms with Crippen molar-refractivity contribution in [1.82, 2.24) is 24.6 Å². The van der Waals surface area contributed by atoms with Crippen LogP contribution < -0.4 is 4.90 Å². The number of benzene rings is 1. The van der Waals surface area contributed by atoms with Crippen LogP contribution in [0.15, 0.2) is 73.1 Å². The van der Waals surface area contributed by atoms with Gasteiger partial charge in [0, 0.05) is 44.1 Å². The first-order chi connectivity index (χ1) is 14.8. The summed E-state index contributed by atoms with van der Waals surface area (Å²) in [6.07, 6.45) is 3.73. The van der Waals surface area contributed by atoms with Crippen LogP contribution in [0.2, 0.25) is 0 Å². The molecule has 1 aliphatic rings. The van der Waals surface area contributed by atoms with E-state index in [1.54, 1.807) is 6.20 Å². The molecule has 150 valence electrons. The Balaban J connectivity index is 1.20. The number of piperazine rings is 1. The van der Waals surface area contributed by atoms with E-state index < -0.39 is 0 Å². The van der Waals surface area contributed by atoms with Gasteiger partial charge in [-0.2, -0.15) is 0 Å². The molecule has 0 aliphatic carbocycles. The SMILES string of the molecule is O=C(Cn1ccc2ccccc21)N1CCN(c2ccc(-c3ccccn3)nn2)CC1. The Bertz CT molecular complexity index is 1150. The summed E-state index contributed by atoms with van der Waals surface area (Å²) in [5.41, 5.74) is 2.66. The number of rotatable bonds is 4. The molecule has 0 spiro atoms. The smallest absolute Gasteiger partial charge is 0.242 e. The maximum Gasteiger partial charge on any atom is 0.242 e. The van der Waals surface area contributed by atoms with Gasteiger partial charge in [-0.25, -0.2) is 0 Å². The van der Waals surface area contributed by atoms with Crippen molar-refractivity contribution in [2.45, 2.75) is 6.54 Å². The predicted molar refractivity (Wildman–Crippen MR) is 116 cm³/mol. The van der Waals surface area contributed by atoms with Crippen molar-refractivity contribution >= 4 is 22.6 Å². The number of para-hydroxylation sites is 1. The number of nitrogens with zero attached hydrogens (tertiary/aromatic N) is 6. The maximum atomic E-state index is 12.8. The molecular formula is C23H22N6O. The molecule has 4 heterocycles. The molecule has 7 heteroatoms. The molecule has 0 unspecified atom stereocenters. The number of carbonyl (C=O) groups is 1. The van der Waals surface area contributed by atoms with E-state index in [4.69, 9.17) is 0 Å². The fourth-order valence-corrected chi connectivity index (χ4v) is 3.85. The van der Waals surface area contributed by atoms with Crippen molar-refractivity contribution in [3.8, 4) is 11.4 Å². The van der Waals surface area contributed by atoms with Crippen molar-refractivity contribution in [1.29, 1.82) is 0 Å². The number of carbonyl (C=O) groups excluding carboxylic acids is 1. The van der Waals surface area contributed by atoms with Gasteiger partial charge in [0.1, 0.15) is 12.2 Å². The fraction of sp³-hybridized carbons (Fsp3) is 0.217. The van der Waals surface area contributed by atoms with Gasteiger partial charge in [0.05, 0.1) is 5.69 Å². The average Bonchev–Trinajstić information content (AvgIpc) is 3.23. The summed E-state index contributed by atoms with van der Waals surface area (Å²) in [7, 11) is 0. The van der Waals surface area contributed by atoms with Gasteiger partial charge in [-0.05, 0) is 41.8 Å². The van der Waals surface area contributed by atoms with Gasteiger partial charge in [-0.1, -0.05) is 24.3 Å². The molecule has 7 nitrogen and oxygen atoms in total. The molecule has 1 aliphatic heterocycles. The second-order valence-corrected chi connectivity index (χ2v) is 7.36. The van der Waals surface area contributed by atoms with Gasteiger partial charge in [0.2, 0.25) is 5.91 Å². The van der Waals surface area contributed by atoms with Crippen LogP contribution in [0.5, 0.6) is 0 Å². The maximum absolute atomic E-state index is 12.8.